The van der Waals surface area contributed by atoms with Gasteiger partial charge >= 0.3 is 0 Å². The lowest BCUT2D eigenvalue weighted by molar-refractivity contribution is 0.423. The van der Waals surface area contributed by atoms with E-state index in [2.05, 4.69) is 15.0 Å². The first-order valence-electron chi connectivity index (χ1n) is 9.79. The molecule has 2 aromatic carbocycles. The van der Waals surface area contributed by atoms with E-state index in [1.807, 2.05) is 44.2 Å². The summed E-state index contributed by atoms with van der Waals surface area (Å²) in [4.78, 5) is 25.5. The molecular formula is C24H21FN4O2. The van der Waals surface area contributed by atoms with Gasteiger partial charge in [0.1, 0.15) is 12.2 Å². The molecule has 4 aromatic rings. The fourth-order valence-electron chi connectivity index (χ4n) is 3.19. The highest BCUT2D eigenvalue weighted by Crippen LogP contribution is 2.29. The molecule has 0 spiro atoms. The van der Waals surface area contributed by atoms with E-state index in [1.165, 1.54) is 29.2 Å². The van der Waals surface area contributed by atoms with Gasteiger partial charge in [-0.3, -0.25) is 9.36 Å². The van der Waals surface area contributed by atoms with E-state index >= 15 is 0 Å². The minimum atomic E-state index is -0.594. The van der Waals surface area contributed by atoms with Crippen molar-refractivity contribution in [3.05, 3.63) is 99.9 Å². The normalized spacial score (nSPS) is 10.8. The molecule has 6 nitrogen and oxygen atoms in total. The molecule has 0 saturated carbocycles. The molecule has 0 N–H and O–H groups in total. The van der Waals surface area contributed by atoms with Crippen LogP contribution in [0.5, 0.6) is 11.6 Å². The Morgan fingerprint density at radius 1 is 1.03 bits per heavy atom. The zero-order valence-corrected chi connectivity index (χ0v) is 17.5. The number of nitrogens with zero attached hydrogens (tertiary/aromatic N) is 4. The van der Waals surface area contributed by atoms with Crippen LogP contribution in [0.1, 0.15) is 22.6 Å². The summed E-state index contributed by atoms with van der Waals surface area (Å²) < 4.78 is 21.9. The summed E-state index contributed by atoms with van der Waals surface area (Å²) in [6, 6.07) is 14.2. The Kier molecular flexibility index (Phi) is 5.58. The molecule has 156 valence electrons. The Labute approximate surface area is 179 Å². The fourth-order valence-corrected chi connectivity index (χ4v) is 3.19. The maximum Gasteiger partial charge on any atom is 0.261 e. The van der Waals surface area contributed by atoms with Crippen molar-refractivity contribution < 1.29 is 9.13 Å². The van der Waals surface area contributed by atoms with Gasteiger partial charge in [-0.05, 0) is 37.1 Å². The van der Waals surface area contributed by atoms with Crippen molar-refractivity contribution in [2.24, 2.45) is 7.05 Å². The summed E-state index contributed by atoms with van der Waals surface area (Å²) in [5.74, 6) is 0.357. The number of hydrogen-bond acceptors (Lipinski definition) is 5. The lowest BCUT2D eigenvalue weighted by Crippen LogP contribution is -2.23. The van der Waals surface area contributed by atoms with Gasteiger partial charge in [-0.15, -0.1) is 0 Å². The Morgan fingerprint density at radius 3 is 2.55 bits per heavy atom. The molecule has 4 rings (SSSR count). The Balaban J connectivity index is 1.63. The van der Waals surface area contributed by atoms with E-state index in [0.717, 1.165) is 16.8 Å². The first-order chi connectivity index (χ1) is 14.9. The van der Waals surface area contributed by atoms with Crippen molar-refractivity contribution >= 4 is 0 Å². The van der Waals surface area contributed by atoms with Crippen molar-refractivity contribution in [1.29, 1.82) is 0 Å². The van der Waals surface area contributed by atoms with E-state index in [9.17, 15) is 9.18 Å². The highest BCUT2D eigenvalue weighted by Gasteiger charge is 2.14. The minimum Gasteiger partial charge on any atom is -0.436 e. The van der Waals surface area contributed by atoms with Crippen LogP contribution in [0.15, 0.2) is 65.8 Å². The number of ether oxygens (including phenoxy) is 1. The summed E-state index contributed by atoms with van der Waals surface area (Å²) in [6.07, 6.45) is 3.40. The monoisotopic (exact) mass is 416 g/mol. The molecule has 0 aliphatic carbocycles. The van der Waals surface area contributed by atoms with Crippen LogP contribution in [-0.4, -0.2) is 19.5 Å². The van der Waals surface area contributed by atoms with Gasteiger partial charge in [-0.1, -0.05) is 36.4 Å². The highest BCUT2D eigenvalue weighted by atomic mass is 19.1. The molecule has 0 fully saturated rings. The third-order valence-corrected chi connectivity index (χ3v) is 5.21. The van der Waals surface area contributed by atoms with Crippen LogP contribution in [-0.2, 0) is 13.5 Å². The van der Waals surface area contributed by atoms with Gasteiger partial charge in [0.25, 0.3) is 5.56 Å². The van der Waals surface area contributed by atoms with Crippen LogP contribution in [0.4, 0.5) is 4.39 Å². The van der Waals surface area contributed by atoms with Crippen LogP contribution in [0, 0.1) is 19.7 Å². The molecule has 0 radical (unpaired) electrons. The molecule has 0 unspecified atom stereocenters. The maximum atomic E-state index is 14.8. The predicted molar refractivity (Wildman–Crippen MR) is 116 cm³/mol. The van der Waals surface area contributed by atoms with Gasteiger partial charge in [0.05, 0.1) is 5.56 Å². The SMILES string of the molecule is Cc1ncnc(Oc2ccc(-c3cnc(Cc4ccccc4)n(C)c3=O)cc2F)c1C. The van der Waals surface area contributed by atoms with E-state index in [4.69, 9.17) is 4.74 Å². The van der Waals surface area contributed by atoms with E-state index < -0.39 is 5.82 Å². The second kappa shape index (κ2) is 8.47. The van der Waals surface area contributed by atoms with Gasteiger partial charge in [-0.2, -0.15) is 0 Å². The van der Waals surface area contributed by atoms with Crippen molar-refractivity contribution in [1.82, 2.24) is 19.5 Å². The zero-order chi connectivity index (χ0) is 22.0. The van der Waals surface area contributed by atoms with Crippen LogP contribution < -0.4 is 10.3 Å². The molecule has 7 heteroatoms. The van der Waals surface area contributed by atoms with Crippen LogP contribution >= 0.6 is 0 Å². The van der Waals surface area contributed by atoms with E-state index in [-0.39, 0.29) is 11.3 Å². The van der Waals surface area contributed by atoms with Crippen molar-refractivity contribution in [2.75, 3.05) is 0 Å². The summed E-state index contributed by atoms with van der Waals surface area (Å²) in [5, 5.41) is 0. The number of hydrogen-bond donors (Lipinski definition) is 0. The molecule has 0 aliphatic rings. The summed E-state index contributed by atoms with van der Waals surface area (Å²) in [5.41, 5.74) is 3.06. The van der Waals surface area contributed by atoms with E-state index in [1.54, 1.807) is 13.1 Å². The number of aryl methyl sites for hydroxylation is 1. The van der Waals surface area contributed by atoms with Gasteiger partial charge in [0, 0.05) is 30.9 Å². The Bertz CT molecular complexity index is 1300. The fraction of sp³-hybridized carbons (Fsp3) is 0.167. The van der Waals surface area contributed by atoms with Gasteiger partial charge in [0.15, 0.2) is 11.6 Å². The lowest BCUT2D eigenvalue weighted by Gasteiger charge is -2.12. The van der Waals surface area contributed by atoms with Gasteiger partial charge in [0.2, 0.25) is 5.88 Å². The Hall–Kier alpha value is -3.87. The zero-order valence-electron chi connectivity index (χ0n) is 17.5. The second-order valence-electron chi connectivity index (χ2n) is 7.25. The molecule has 31 heavy (non-hydrogen) atoms. The lowest BCUT2D eigenvalue weighted by atomic mass is 10.1. The average Bonchev–Trinajstić information content (AvgIpc) is 2.77. The Morgan fingerprint density at radius 2 is 1.81 bits per heavy atom. The first kappa shape index (κ1) is 20.4. The molecule has 2 heterocycles. The summed E-state index contributed by atoms with van der Waals surface area (Å²) in [6.45, 7) is 3.64. The third kappa shape index (κ3) is 4.21. The van der Waals surface area contributed by atoms with Crippen molar-refractivity contribution in [2.45, 2.75) is 20.3 Å². The molecule has 2 aromatic heterocycles. The van der Waals surface area contributed by atoms with Gasteiger partial charge < -0.3 is 4.74 Å². The van der Waals surface area contributed by atoms with Crippen molar-refractivity contribution in [3.63, 3.8) is 0 Å². The molecule has 0 saturated heterocycles. The third-order valence-electron chi connectivity index (χ3n) is 5.21. The number of halogens is 1. The summed E-state index contributed by atoms with van der Waals surface area (Å²) in [7, 11) is 1.67. The topological polar surface area (TPSA) is 69.9 Å². The molecule has 0 bridgehead atoms. The molecule has 0 aliphatic heterocycles. The smallest absolute Gasteiger partial charge is 0.261 e. The standard InChI is InChI=1S/C24H21FN4O2/c1-15-16(2)27-14-28-23(15)31-21-10-9-18(12-20(21)25)19-13-26-22(29(3)24(19)30)11-17-7-5-4-6-8-17/h4-10,12-14H,11H2,1-3H3. The summed E-state index contributed by atoms with van der Waals surface area (Å²) >= 11 is 0. The van der Waals surface area contributed by atoms with Crippen molar-refractivity contribution in [3.8, 4) is 22.8 Å². The first-order valence-corrected chi connectivity index (χ1v) is 9.79. The number of rotatable bonds is 5. The molecule has 0 atom stereocenters. The minimum absolute atomic E-state index is 0.0235. The number of benzene rings is 2. The van der Waals surface area contributed by atoms with Gasteiger partial charge in [-0.25, -0.2) is 19.3 Å². The highest BCUT2D eigenvalue weighted by molar-refractivity contribution is 5.63. The number of aromatic nitrogens is 4. The molecule has 0 amide bonds. The largest absolute Gasteiger partial charge is 0.436 e. The van der Waals surface area contributed by atoms with Crippen LogP contribution in [0.2, 0.25) is 0 Å². The average molecular weight is 416 g/mol. The maximum absolute atomic E-state index is 14.8. The predicted octanol–water partition coefficient (Wildman–Crippen LogP) is 4.38. The quantitative estimate of drug-likeness (QED) is 0.483. The molecular weight excluding hydrogens is 395 g/mol. The second-order valence-corrected chi connectivity index (χ2v) is 7.25. The van der Waals surface area contributed by atoms with E-state index in [0.29, 0.717) is 29.3 Å². The van der Waals surface area contributed by atoms with Crippen LogP contribution in [0.25, 0.3) is 11.1 Å². The van der Waals surface area contributed by atoms with Crippen LogP contribution in [0.3, 0.4) is 0 Å².